The van der Waals surface area contributed by atoms with E-state index in [1.807, 2.05) is 67.6 Å². The number of carbonyl (C=O) groups is 2. The van der Waals surface area contributed by atoms with Crippen molar-refractivity contribution >= 4 is 35.3 Å². The number of nitrogens with one attached hydrogen (secondary N) is 2. The zero-order valence-electron chi connectivity index (χ0n) is 20.3. The van der Waals surface area contributed by atoms with Crippen LogP contribution >= 0.6 is 11.8 Å². The van der Waals surface area contributed by atoms with Crippen LogP contribution in [0.5, 0.6) is 0 Å². The Morgan fingerprint density at radius 2 is 1.68 bits per heavy atom. The fourth-order valence-corrected chi connectivity index (χ4v) is 4.94. The van der Waals surface area contributed by atoms with Crippen LogP contribution in [0.2, 0.25) is 0 Å². The Labute approximate surface area is 218 Å². The third-order valence-corrected chi connectivity index (χ3v) is 6.88. The summed E-state index contributed by atoms with van der Waals surface area (Å²) in [6.07, 6.45) is 0. The van der Waals surface area contributed by atoms with Gasteiger partial charge >= 0.3 is 5.97 Å². The normalized spacial score (nSPS) is 14.5. The molecule has 3 aromatic carbocycles. The van der Waals surface area contributed by atoms with Crippen molar-refractivity contribution in [2.45, 2.75) is 23.9 Å². The van der Waals surface area contributed by atoms with Crippen LogP contribution in [0.15, 0.2) is 101 Å². The lowest BCUT2D eigenvalue weighted by atomic mass is 9.94. The maximum Gasteiger partial charge on any atom is 0.337 e. The Hall–Kier alpha value is -4.37. The standard InChI is InChI=1S/C28H25N5O3S/c1-18-23(25(34)30-22-11-7-4-8-12-22)24(20-13-15-21(16-14-20)26(35)36-2)33-27(29-18)31-28(32-33)37-17-19-9-5-3-6-10-19/h3-16,24H,17H2,1-2H3,(H,30,34)(H,29,31,32). The summed E-state index contributed by atoms with van der Waals surface area (Å²) < 4.78 is 6.56. The zero-order chi connectivity index (χ0) is 25.8. The second kappa shape index (κ2) is 10.7. The SMILES string of the molecule is COC(=O)c1ccc(C2C(C(=O)Nc3ccccc3)=C(C)Nc3nc(SCc4ccccc4)nn32)cc1. The van der Waals surface area contributed by atoms with E-state index >= 15 is 0 Å². The minimum absolute atomic E-state index is 0.252. The van der Waals surface area contributed by atoms with E-state index in [1.165, 1.54) is 24.4 Å². The van der Waals surface area contributed by atoms with Crippen LogP contribution in [0.25, 0.3) is 0 Å². The molecular weight excluding hydrogens is 486 g/mol. The minimum atomic E-state index is -0.551. The summed E-state index contributed by atoms with van der Waals surface area (Å²) in [7, 11) is 1.34. The molecule has 5 rings (SSSR count). The van der Waals surface area contributed by atoms with Gasteiger partial charge in [-0.1, -0.05) is 72.4 Å². The first kappa shape index (κ1) is 24.3. The molecule has 0 aliphatic carbocycles. The number of benzene rings is 3. The van der Waals surface area contributed by atoms with Gasteiger partial charge in [0.05, 0.1) is 18.2 Å². The highest BCUT2D eigenvalue weighted by atomic mass is 32.2. The Balaban J connectivity index is 1.50. The summed E-state index contributed by atoms with van der Waals surface area (Å²) in [6, 6.07) is 25.9. The number of hydrogen-bond donors (Lipinski definition) is 2. The molecule has 8 nitrogen and oxygen atoms in total. The molecule has 4 aromatic rings. The number of para-hydroxylation sites is 1. The van der Waals surface area contributed by atoms with Crippen molar-refractivity contribution in [3.63, 3.8) is 0 Å². The maximum absolute atomic E-state index is 13.6. The summed E-state index contributed by atoms with van der Waals surface area (Å²) in [5, 5.41) is 11.6. The average molecular weight is 512 g/mol. The number of carbonyl (C=O) groups excluding carboxylic acids is 2. The number of esters is 1. The van der Waals surface area contributed by atoms with Gasteiger partial charge in [-0.3, -0.25) is 4.79 Å². The smallest absolute Gasteiger partial charge is 0.337 e. The lowest BCUT2D eigenvalue weighted by Gasteiger charge is -2.28. The van der Waals surface area contributed by atoms with Crippen molar-refractivity contribution in [1.29, 1.82) is 0 Å². The first-order valence-corrected chi connectivity index (χ1v) is 12.7. The zero-order valence-corrected chi connectivity index (χ0v) is 21.2. The van der Waals surface area contributed by atoms with Crippen LogP contribution in [0, 0.1) is 0 Å². The molecule has 2 heterocycles. The lowest BCUT2D eigenvalue weighted by Crippen LogP contribution is -2.31. The number of ether oxygens (including phenoxy) is 1. The van der Waals surface area contributed by atoms with Gasteiger partial charge in [-0.25, -0.2) is 9.48 Å². The van der Waals surface area contributed by atoms with Gasteiger partial charge < -0.3 is 15.4 Å². The van der Waals surface area contributed by atoms with Gasteiger partial charge in [0.25, 0.3) is 5.91 Å². The molecular formula is C28H25N5O3S. The first-order chi connectivity index (χ1) is 18.0. The van der Waals surface area contributed by atoms with E-state index in [1.54, 1.807) is 16.8 Å². The van der Waals surface area contributed by atoms with Gasteiger partial charge in [-0.05, 0) is 42.3 Å². The number of nitrogens with zero attached hydrogens (tertiary/aromatic N) is 3. The molecule has 1 aliphatic rings. The number of fused-ring (bicyclic) bond motifs is 1. The number of amides is 1. The quantitative estimate of drug-likeness (QED) is 0.257. The number of thioether (sulfide) groups is 1. The monoisotopic (exact) mass is 511 g/mol. The minimum Gasteiger partial charge on any atom is -0.465 e. The predicted molar refractivity (Wildman–Crippen MR) is 143 cm³/mol. The summed E-state index contributed by atoms with van der Waals surface area (Å²) in [4.78, 5) is 30.2. The number of methoxy groups -OCH3 is 1. The highest BCUT2D eigenvalue weighted by Crippen LogP contribution is 2.37. The van der Waals surface area contributed by atoms with Crippen molar-refractivity contribution in [3.05, 3.63) is 113 Å². The van der Waals surface area contributed by atoms with Gasteiger partial charge in [-0.15, -0.1) is 5.10 Å². The molecule has 9 heteroatoms. The van der Waals surface area contributed by atoms with Crippen molar-refractivity contribution < 1.29 is 14.3 Å². The number of anilines is 2. The summed E-state index contributed by atoms with van der Waals surface area (Å²) in [6.45, 7) is 1.85. The molecule has 1 unspecified atom stereocenters. The van der Waals surface area contributed by atoms with Crippen LogP contribution in [0.4, 0.5) is 11.6 Å². The lowest BCUT2D eigenvalue weighted by molar-refractivity contribution is -0.113. The van der Waals surface area contributed by atoms with Gasteiger partial charge in [0.1, 0.15) is 6.04 Å². The van der Waals surface area contributed by atoms with Gasteiger partial charge in [0, 0.05) is 17.1 Å². The molecule has 37 heavy (non-hydrogen) atoms. The van der Waals surface area contributed by atoms with Gasteiger partial charge in [-0.2, -0.15) is 4.98 Å². The third kappa shape index (κ3) is 5.26. The second-order valence-electron chi connectivity index (χ2n) is 8.44. The van der Waals surface area contributed by atoms with Crippen molar-refractivity contribution in [2.24, 2.45) is 0 Å². The predicted octanol–water partition coefficient (Wildman–Crippen LogP) is 5.28. The molecule has 1 atom stereocenters. The van der Waals surface area contributed by atoms with E-state index in [-0.39, 0.29) is 5.91 Å². The maximum atomic E-state index is 13.6. The molecule has 0 fully saturated rings. The van der Waals surface area contributed by atoms with E-state index < -0.39 is 12.0 Å². The molecule has 0 saturated heterocycles. The second-order valence-corrected chi connectivity index (χ2v) is 9.38. The summed E-state index contributed by atoms with van der Waals surface area (Å²) in [5.74, 6) is 0.590. The first-order valence-electron chi connectivity index (χ1n) is 11.7. The molecule has 1 aromatic heterocycles. The van der Waals surface area contributed by atoms with E-state index in [4.69, 9.17) is 14.8 Å². The highest BCUT2D eigenvalue weighted by molar-refractivity contribution is 7.98. The van der Waals surface area contributed by atoms with Gasteiger partial charge in [0.2, 0.25) is 11.1 Å². The topological polar surface area (TPSA) is 98.1 Å². The van der Waals surface area contributed by atoms with E-state index in [0.29, 0.717) is 33.6 Å². The summed E-state index contributed by atoms with van der Waals surface area (Å²) >= 11 is 1.52. The largest absolute Gasteiger partial charge is 0.465 e. The van der Waals surface area contributed by atoms with Crippen LogP contribution in [-0.2, 0) is 15.3 Å². The number of hydrogen-bond acceptors (Lipinski definition) is 7. The molecule has 1 aliphatic heterocycles. The highest BCUT2D eigenvalue weighted by Gasteiger charge is 2.34. The molecule has 0 bridgehead atoms. The van der Waals surface area contributed by atoms with Crippen molar-refractivity contribution in [2.75, 3.05) is 17.7 Å². The molecule has 186 valence electrons. The van der Waals surface area contributed by atoms with Gasteiger partial charge in [0.15, 0.2) is 0 Å². The summed E-state index contributed by atoms with van der Waals surface area (Å²) in [5.41, 5.74) is 4.25. The molecule has 0 spiro atoms. The third-order valence-electron chi connectivity index (χ3n) is 5.97. The number of rotatable bonds is 7. The molecule has 0 radical (unpaired) electrons. The molecule has 1 amide bonds. The fourth-order valence-electron chi connectivity index (χ4n) is 4.16. The fraction of sp³-hybridized carbons (Fsp3) is 0.143. The Morgan fingerprint density at radius 1 is 1.00 bits per heavy atom. The van der Waals surface area contributed by atoms with Crippen LogP contribution in [0.1, 0.15) is 34.5 Å². The average Bonchev–Trinajstić information content (AvgIpc) is 3.34. The Bertz CT molecular complexity index is 1450. The number of aromatic nitrogens is 3. The van der Waals surface area contributed by atoms with Crippen LogP contribution in [-0.4, -0.2) is 33.8 Å². The molecule has 0 saturated carbocycles. The van der Waals surface area contributed by atoms with E-state index in [9.17, 15) is 9.59 Å². The van der Waals surface area contributed by atoms with E-state index in [2.05, 4.69) is 22.8 Å². The van der Waals surface area contributed by atoms with E-state index in [0.717, 1.165) is 11.3 Å². The van der Waals surface area contributed by atoms with Crippen molar-refractivity contribution in [3.8, 4) is 0 Å². The van der Waals surface area contributed by atoms with Crippen LogP contribution < -0.4 is 10.6 Å². The Morgan fingerprint density at radius 3 is 2.35 bits per heavy atom. The molecule has 2 N–H and O–H groups in total. The Kier molecular flexibility index (Phi) is 7.04. The number of allylic oxidation sites excluding steroid dienone is 1. The van der Waals surface area contributed by atoms with Crippen LogP contribution in [0.3, 0.4) is 0 Å². The van der Waals surface area contributed by atoms with Crippen molar-refractivity contribution in [1.82, 2.24) is 14.8 Å².